The Bertz CT molecular complexity index is 472. The first-order chi connectivity index (χ1) is 9.52. The maximum atomic E-state index is 11.6. The Morgan fingerprint density at radius 1 is 1.50 bits per heavy atom. The molecule has 1 unspecified atom stereocenters. The number of benzene rings is 1. The van der Waals surface area contributed by atoms with Crippen molar-refractivity contribution in [3.8, 4) is 0 Å². The predicted molar refractivity (Wildman–Crippen MR) is 86.4 cm³/mol. The molecule has 0 aliphatic carbocycles. The zero-order chi connectivity index (χ0) is 15.0. The van der Waals surface area contributed by atoms with Crippen molar-refractivity contribution in [2.24, 2.45) is 5.92 Å². The van der Waals surface area contributed by atoms with E-state index in [2.05, 4.69) is 21.2 Å². The van der Waals surface area contributed by atoms with Gasteiger partial charge in [0.25, 0.3) is 0 Å². The van der Waals surface area contributed by atoms with Gasteiger partial charge in [0, 0.05) is 23.7 Å². The smallest absolute Gasteiger partial charge is 0.243 e. The molecule has 1 atom stereocenters. The Hall–Kier alpha value is -1.13. The van der Waals surface area contributed by atoms with E-state index in [1.54, 1.807) is 12.2 Å². The molecule has 1 aromatic carbocycles. The third-order valence-electron chi connectivity index (χ3n) is 3.05. The van der Waals surface area contributed by atoms with Crippen LogP contribution in [0.3, 0.4) is 0 Å². The second kappa shape index (κ2) is 8.93. The van der Waals surface area contributed by atoms with E-state index in [9.17, 15) is 4.79 Å². The van der Waals surface area contributed by atoms with Gasteiger partial charge in [0.05, 0.1) is 0 Å². The minimum atomic E-state index is -0.0888. The van der Waals surface area contributed by atoms with Crippen LogP contribution >= 0.6 is 15.9 Å². The number of hydrogen-bond acceptors (Lipinski definition) is 2. The highest BCUT2D eigenvalue weighted by Crippen LogP contribution is 2.19. The molecular formula is C16H22BrNO2. The van der Waals surface area contributed by atoms with Crippen molar-refractivity contribution < 1.29 is 9.90 Å². The SMILES string of the molecule is Cc1ccc(/C=C/C(=O)NCCCC(C)CO)c(Br)c1. The van der Waals surface area contributed by atoms with Crippen molar-refractivity contribution in [3.63, 3.8) is 0 Å². The molecule has 1 rings (SSSR count). The molecule has 0 heterocycles. The van der Waals surface area contributed by atoms with E-state index < -0.39 is 0 Å². The molecule has 0 saturated heterocycles. The van der Waals surface area contributed by atoms with Crippen molar-refractivity contribution >= 4 is 27.9 Å². The van der Waals surface area contributed by atoms with Gasteiger partial charge in [-0.25, -0.2) is 0 Å². The van der Waals surface area contributed by atoms with Gasteiger partial charge in [-0.05, 0) is 49.0 Å². The fourth-order valence-corrected chi connectivity index (χ4v) is 2.37. The highest BCUT2D eigenvalue weighted by molar-refractivity contribution is 9.10. The van der Waals surface area contributed by atoms with Crippen molar-refractivity contribution in [1.82, 2.24) is 5.32 Å². The molecule has 0 saturated carbocycles. The first-order valence-electron chi connectivity index (χ1n) is 6.86. The Morgan fingerprint density at radius 2 is 2.25 bits per heavy atom. The third kappa shape index (κ3) is 6.35. The number of aliphatic hydroxyl groups is 1. The topological polar surface area (TPSA) is 49.3 Å². The van der Waals surface area contributed by atoms with Gasteiger partial charge >= 0.3 is 0 Å². The van der Waals surface area contributed by atoms with Crippen LogP contribution in [0.5, 0.6) is 0 Å². The standard InChI is InChI=1S/C16H22BrNO2/c1-12-5-6-14(15(17)10-12)7-8-16(20)18-9-3-4-13(2)11-19/h5-8,10,13,19H,3-4,9,11H2,1-2H3,(H,18,20)/b8-7+. The van der Waals surface area contributed by atoms with Crippen LogP contribution in [0.2, 0.25) is 0 Å². The summed E-state index contributed by atoms with van der Waals surface area (Å²) in [5, 5.41) is 11.7. The average Bonchev–Trinajstić information content (AvgIpc) is 2.42. The van der Waals surface area contributed by atoms with Gasteiger partial charge in [-0.15, -0.1) is 0 Å². The highest BCUT2D eigenvalue weighted by atomic mass is 79.9. The largest absolute Gasteiger partial charge is 0.396 e. The maximum absolute atomic E-state index is 11.6. The van der Waals surface area contributed by atoms with Gasteiger partial charge in [-0.2, -0.15) is 0 Å². The highest BCUT2D eigenvalue weighted by Gasteiger charge is 2.01. The zero-order valence-corrected chi connectivity index (χ0v) is 13.6. The molecular weight excluding hydrogens is 318 g/mol. The Morgan fingerprint density at radius 3 is 2.90 bits per heavy atom. The average molecular weight is 340 g/mol. The summed E-state index contributed by atoms with van der Waals surface area (Å²) in [5.41, 5.74) is 2.16. The van der Waals surface area contributed by atoms with E-state index in [4.69, 9.17) is 5.11 Å². The molecule has 0 bridgehead atoms. The first kappa shape index (κ1) is 16.9. The third-order valence-corrected chi connectivity index (χ3v) is 3.74. The van der Waals surface area contributed by atoms with Crippen LogP contribution in [0.4, 0.5) is 0 Å². The van der Waals surface area contributed by atoms with Crippen LogP contribution in [0.15, 0.2) is 28.7 Å². The van der Waals surface area contributed by atoms with Gasteiger partial charge in [0.2, 0.25) is 5.91 Å². The molecule has 0 aliphatic rings. The molecule has 0 aliphatic heterocycles. The Kier molecular flexibility index (Phi) is 7.55. The Labute approximate surface area is 129 Å². The number of carbonyl (C=O) groups is 1. The van der Waals surface area contributed by atoms with Crippen molar-refractivity contribution in [3.05, 3.63) is 39.9 Å². The number of aryl methyl sites for hydroxylation is 1. The quantitative estimate of drug-likeness (QED) is 0.591. The monoisotopic (exact) mass is 339 g/mol. The normalized spacial score (nSPS) is 12.6. The van der Waals surface area contributed by atoms with E-state index in [1.807, 2.05) is 32.0 Å². The van der Waals surface area contributed by atoms with Crippen LogP contribution in [0, 0.1) is 12.8 Å². The lowest BCUT2D eigenvalue weighted by Crippen LogP contribution is -2.22. The van der Waals surface area contributed by atoms with Crippen LogP contribution in [-0.2, 0) is 4.79 Å². The zero-order valence-electron chi connectivity index (χ0n) is 12.0. The molecule has 4 heteroatoms. The van der Waals surface area contributed by atoms with E-state index >= 15 is 0 Å². The fourth-order valence-electron chi connectivity index (χ4n) is 1.75. The van der Waals surface area contributed by atoms with Gasteiger partial charge < -0.3 is 10.4 Å². The number of carbonyl (C=O) groups excluding carboxylic acids is 1. The fraction of sp³-hybridized carbons (Fsp3) is 0.438. The van der Waals surface area contributed by atoms with Gasteiger partial charge in [-0.1, -0.05) is 35.0 Å². The van der Waals surface area contributed by atoms with E-state index in [-0.39, 0.29) is 12.5 Å². The van der Waals surface area contributed by atoms with Crippen LogP contribution in [0.1, 0.15) is 30.9 Å². The van der Waals surface area contributed by atoms with Crippen LogP contribution < -0.4 is 5.32 Å². The lowest BCUT2D eigenvalue weighted by Gasteiger charge is -2.07. The molecule has 110 valence electrons. The number of nitrogens with one attached hydrogen (secondary N) is 1. The Balaban J connectivity index is 2.36. The molecule has 3 nitrogen and oxygen atoms in total. The molecule has 0 fully saturated rings. The van der Waals surface area contributed by atoms with Crippen molar-refractivity contribution in [2.45, 2.75) is 26.7 Å². The molecule has 2 N–H and O–H groups in total. The van der Waals surface area contributed by atoms with Crippen LogP contribution in [0.25, 0.3) is 6.08 Å². The van der Waals surface area contributed by atoms with Gasteiger partial charge in [-0.3, -0.25) is 4.79 Å². The molecule has 20 heavy (non-hydrogen) atoms. The van der Waals surface area contributed by atoms with E-state index in [1.165, 1.54) is 5.56 Å². The van der Waals surface area contributed by atoms with Gasteiger partial charge in [0.15, 0.2) is 0 Å². The van der Waals surface area contributed by atoms with Crippen molar-refractivity contribution in [1.29, 1.82) is 0 Å². The summed E-state index contributed by atoms with van der Waals surface area (Å²) in [4.78, 5) is 11.6. The molecule has 0 aromatic heterocycles. The summed E-state index contributed by atoms with van der Waals surface area (Å²) in [5.74, 6) is 0.208. The second-order valence-electron chi connectivity index (χ2n) is 5.08. The predicted octanol–water partition coefficient (Wildman–Crippen LogP) is 3.30. The summed E-state index contributed by atoms with van der Waals surface area (Å²) in [7, 11) is 0. The molecule has 0 radical (unpaired) electrons. The lowest BCUT2D eigenvalue weighted by molar-refractivity contribution is -0.116. The maximum Gasteiger partial charge on any atom is 0.243 e. The van der Waals surface area contributed by atoms with Gasteiger partial charge in [0.1, 0.15) is 0 Å². The number of aliphatic hydroxyl groups excluding tert-OH is 1. The molecule has 0 spiro atoms. The number of hydrogen-bond donors (Lipinski definition) is 2. The summed E-state index contributed by atoms with van der Waals surface area (Å²) in [6.45, 7) is 4.87. The second-order valence-corrected chi connectivity index (χ2v) is 5.93. The van der Waals surface area contributed by atoms with E-state index in [0.717, 1.165) is 22.9 Å². The molecule has 1 aromatic rings. The molecule has 1 amide bonds. The number of halogens is 1. The number of rotatable bonds is 7. The van der Waals surface area contributed by atoms with E-state index in [0.29, 0.717) is 12.5 Å². The first-order valence-corrected chi connectivity index (χ1v) is 7.65. The van der Waals surface area contributed by atoms with Crippen LogP contribution in [-0.4, -0.2) is 24.2 Å². The minimum absolute atomic E-state index is 0.0888. The lowest BCUT2D eigenvalue weighted by atomic mass is 10.1. The summed E-state index contributed by atoms with van der Waals surface area (Å²) in [6.07, 6.45) is 5.15. The number of amides is 1. The summed E-state index contributed by atoms with van der Waals surface area (Å²) >= 11 is 3.48. The summed E-state index contributed by atoms with van der Waals surface area (Å²) < 4.78 is 0.985. The summed E-state index contributed by atoms with van der Waals surface area (Å²) in [6, 6.07) is 6.01. The van der Waals surface area contributed by atoms with Crippen molar-refractivity contribution in [2.75, 3.05) is 13.2 Å². The minimum Gasteiger partial charge on any atom is -0.396 e.